The van der Waals surface area contributed by atoms with E-state index < -0.39 is 0 Å². The van der Waals surface area contributed by atoms with Gasteiger partial charge in [-0.05, 0) is 12.1 Å². The lowest BCUT2D eigenvalue weighted by Gasteiger charge is -1.93. The van der Waals surface area contributed by atoms with Crippen LogP contribution in [-0.4, -0.2) is 14.6 Å². The van der Waals surface area contributed by atoms with Gasteiger partial charge in [0.1, 0.15) is 5.82 Å². The lowest BCUT2D eigenvalue weighted by molar-refractivity contribution is 0.625. The number of thiazole rings is 1. The second-order valence-corrected chi connectivity index (χ2v) is 5.94. The van der Waals surface area contributed by atoms with Gasteiger partial charge < -0.3 is 0 Å². The lowest BCUT2D eigenvalue weighted by atomic mass is 10.2. The molecule has 112 valence electrons. The molecule has 0 aliphatic heterocycles. The number of hydrogen-bond acceptors (Lipinski definition) is 4. The number of benzene rings is 2. The molecule has 4 nitrogen and oxygen atoms in total. The van der Waals surface area contributed by atoms with Crippen LogP contribution in [0.4, 0.5) is 4.39 Å². The van der Waals surface area contributed by atoms with E-state index in [2.05, 4.69) is 10.1 Å². The highest BCUT2D eigenvalue weighted by atomic mass is 32.1. The Kier molecular flexibility index (Phi) is 3.24. The topological polar surface area (TPSA) is 47.3 Å². The quantitative estimate of drug-likeness (QED) is 0.569. The number of aromatic nitrogens is 3. The van der Waals surface area contributed by atoms with E-state index in [0.29, 0.717) is 20.9 Å². The molecule has 0 fully saturated rings. The zero-order chi connectivity index (χ0) is 15.8. The van der Waals surface area contributed by atoms with Crippen molar-refractivity contribution in [1.29, 1.82) is 0 Å². The predicted octanol–water partition coefficient (Wildman–Crippen LogP) is 2.50. The monoisotopic (exact) mass is 323 g/mol. The third-order valence-electron chi connectivity index (χ3n) is 3.41. The van der Waals surface area contributed by atoms with Crippen LogP contribution >= 0.6 is 11.3 Å². The van der Waals surface area contributed by atoms with E-state index in [-0.39, 0.29) is 11.4 Å². The van der Waals surface area contributed by atoms with E-state index in [0.717, 1.165) is 5.56 Å². The summed E-state index contributed by atoms with van der Waals surface area (Å²) in [6.07, 6.45) is 1.53. The van der Waals surface area contributed by atoms with E-state index in [1.165, 1.54) is 28.0 Å². The Bertz CT molecular complexity index is 1100. The van der Waals surface area contributed by atoms with Gasteiger partial charge in [0.15, 0.2) is 5.82 Å². The summed E-state index contributed by atoms with van der Waals surface area (Å²) >= 11 is 1.20. The third-order valence-corrected chi connectivity index (χ3v) is 4.36. The van der Waals surface area contributed by atoms with Gasteiger partial charge in [-0.2, -0.15) is 9.50 Å². The average Bonchev–Trinajstić information content (AvgIpc) is 3.11. The molecule has 4 rings (SSSR count). The van der Waals surface area contributed by atoms with Gasteiger partial charge in [-0.15, -0.1) is 5.10 Å². The molecule has 0 N–H and O–H groups in total. The molecule has 0 atom stereocenters. The van der Waals surface area contributed by atoms with Gasteiger partial charge in [0.2, 0.25) is 4.96 Å². The molecule has 2 aromatic heterocycles. The van der Waals surface area contributed by atoms with Crippen LogP contribution < -0.4 is 10.1 Å². The van der Waals surface area contributed by atoms with Crippen molar-refractivity contribution in [1.82, 2.24) is 14.6 Å². The molecule has 0 bridgehead atoms. The van der Waals surface area contributed by atoms with Crippen LogP contribution in [0.5, 0.6) is 0 Å². The molecule has 2 aromatic carbocycles. The average molecular weight is 323 g/mol. The highest BCUT2D eigenvalue weighted by Gasteiger charge is 2.11. The smallest absolute Gasteiger partial charge is 0.266 e. The fourth-order valence-electron chi connectivity index (χ4n) is 2.28. The summed E-state index contributed by atoms with van der Waals surface area (Å²) in [5.74, 6) is 0.141. The van der Waals surface area contributed by atoms with Crippen molar-refractivity contribution in [2.45, 2.75) is 0 Å². The van der Waals surface area contributed by atoms with Gasteiger partial charge in [-0.25, -0.2) is 4.39 Å². The standard InChI is InChI=1S/C17H10FN3OS/c18-13-9-5-4-8-12(13)10-14-16(22)21-17(23-14)19-15(20-21)11-6-2-1-3-7-11/h1-10H. The van der Waals surface area contributed by atoms with Crippen LogP contribution in [0.25, 0.3) is 22.4 Å². The minimum atomic E-state index is -0.365. The third kappa shape index (κ3) is 2.43. The molecule has 0 unspecified atom stereocenters. The SMILES string of the molecule is O=c1c(=Cc2ccccc2F)sc2nc(-c3ccccc3)nn12. The normalized spacial score (nSPS) is 12.1. The van der Waals surface area contributed by atoms with Gasteiger partial charge >= 0.3 is 0 Å². The second kappa shape index (κ2) is 5.40. The first-order valence-corrected chi connectivity index (χ1v) is 7.75. The Hall–Kier alpha value is -2.86. The van der Waals surface area contributed by atoms with Crippen molar-refractivity contribution < 1.29 is 4.39 Å². The molecule has 0 spiro atoms. The molecule has 23 heavy (non-hydrogen) atoms. The number of nitrogens with zero attached hydrogens (tertiary/aromatic N) is 3. The van der Waals surface area contributed by atoms with Crippen molar-refractivity contribution in [3.63, 3.8) is 0 Å². The maximum atomic E-state index is 13.7. The Labute approximate surface area is 134 Å². The second-order valence-electron chi connectivity index (χ2n) is 4.93. The highest BCUT2D eigenvalue weighted by molar-refractivity contribution is 7.15. The van der Waals surface area contributed by atoms with Gasteiger partial charge in [0.05, 0.1) is 4.53 Å². The van der Waals surface area contributed by atoms with Crippen molar-refractivity contribution in [3.8, 4) is 11.4 Å². The van der Waals surface area contributed by atoms with Crippen molar-refractivity contribution >= 4 is 22.4 Å². The first-order chi connectivity index (χ1) is 11.2. The van der Waals surface area contributed by atoms with E-state index in [9.17, 15) is 9.18 Å². The Morgan fingerprint density at radius 3 is 2.52 bits per heavy atom. The maximum Gasteiger partial charge on any atom is 0.291 e. The molecule has 0 radical (unpaired) electrons. The van der Waals surface area contributed by atoms with Crippen molar-refractivity contribution in [2.75, 3.05) is 0 Å². The maximum absolute atomic E-state index is 13.7. The summed E-state index contributed by atoms with van der Waals surface area (Å²) in [4.78, 5) is 17.3. The van der Waals surface area contributed by atoms with E-state index in [4.69, 9.17) is 0 Å². The molecule has 0 saturated heterocycles. The zero-order valence-corrected chi connectivity index (χ0v) is 12.6. The van der Waals surface area contributed by atoms with Gasteiger partial charge in [-0.3, -0.25) is 4.79 Å². The first kappa shape index (κ1) is 13.8. The zero-order valence-electron chi connectivity index (χ0n) is 11.8. The number of halogens is 1. The Balaban J connectivity index is 1.86. The van der Waals surface area contributed by atoms with Gasteiger partial charge in [0, 0.05) is 11.1 Å². The number of rotatable bonds is 2. The van der Waals surface area contributed by atoms with Crippen molar-refractivity contribution in [2.24, 2.45) is 0 Å². The summed E-state index contributed by atoms with van der Waals surface area (Å²) in [6.45, 7) is 0. The van der Waals surface area contributed by atoms with Crippen LogP contribution in [0.15, 0.2) is 59.4 Å². The van der Waals surface area contributed by atoms with Crippen LogP contribution in [0.3, 0.4) is 0 Å². The number of fused-ring (bicyclic) bond motifs is 1. The van der Waals surface area contributed by atoms with Gasteiger partial charge in [-0.1, -0.05) is 59.9 Å². The molecule has 0 aliphatic rings. The Morgan fingerprint density at radius 1 is 1.04 bits per heavy atom. The molecule has 0 aliphatic carbocycles. The highest BCUT2D eigenvalue weighted by Crippen LogP contribution is 2.15. The lowest BCUT2D eigenvalue weighted by Crippen LogP contribution is -2.23. The van der Waals surface area contributed by atoms with Crippen LogP contribution in [0.2, 0.25) is 0 Å². The van der Waals surface area contributed by atoms with Gasteiger partial charge in [0.25, 0.3) is 5.56 Å². The molecule has 4 aromatic rings. The van der Waals surface area contributed by atoms with Crippen LogP contribution in [0.1, 0.15) is 5.56 Å². The van der Waals surface area contributed by atoms with E-state index in [1.807, 2.05) is 30.3 Å². The van der Waals surface area contributed by atoms with E-state index >= 15 is 0 Å². The summed E-state index contributed by atoms with van der Waals surface area (Å²) in [5, 5.41) is 4.26. The summed E-state index contributed by atoms with van der Waals surface area (Å²) in [7, 11) is 0. The van der Waals surface area contributed by atoms with Crippen LogP contribution in [-0.2, 0) is 0 Å². The summed E-state index contributed by atoms with van der Waals surface area (Å²) < 4.78 is 15.4. The number of hydrogen-bond donors (Lipinski definition) is 0. The largest absolute Gasteiger partial charge is 0.291 e. The summed E-state index contributed by atoms with van der Waals surface area (Å²) in [5.41, 5.74) is 0.933. The van der Waals surface area contributed by atoms with Crippen LogP contribution in [0, 0.1) is 5.82 Å². The Morgan fingerprint density at radius 2 is 1.78 bits per heavy atom. The molecule has 6 heteroatoms. The molecule has 0 amide bonds. The first-order valence-electron chi connectivity index (χ1n) is 6.93. The molecule has 2 heterocycles. The summed E-state index contributed by atoms with van der Waals surface area (Å²) in [6, 6.07) is 15.8. The minimum Gasteiger partial charge on any atom is -0.266 e. The predicted molar refractivity (Wildman–Crippen MR) is 87.8 cm³/mol. The molecular formula is C17H10FN3OS. The molecular weight excluding hydrogens is 313 g/mol. The fraction of sp³-hybridized carbons (Fsp3) is 0. The van der Waals surface area contributed by atoms with Crippen molar-refractivity contribution in [3.05, 3.63) is 80.9 Å². The van der Waals surface area contributed by atoms with E-state index in [1.54, 1.807) is 18.2 Å². The fourth-order valence-corrected chi connectivity index (χ4v) is 3.18. The minimum absolute atomic E-state index is 0.289. The molecule has 0 saturated carbocycles.